The molecule has 2 aliphatic rings. The summed E-state index contributed by atoms with van der Waals surface area (Å²) in [5.41, 5.74) is 2.63. The van der Waals surface area contributed by atoms with E-state index in [1.807, 2.05) is 25.1 Å². The van der Waals surface area contributed by atoms with E-state index in [4.69, 9.17) is 4.42 Å². The number of benzene rings is 1. The van der Waals surface area contributed by atoms with Gasteiger partial charge in [-0.05, 0) is 49.6 Å². The molecule has 4 heteroatoms. The molecule has 4 nitrogen and oxygen atoms in total. The lowest BCUT2D eigenvalue weighted by Gasteiger charge is -2.23. The van der Waals surface area contributed by atoms with E-state index in [0.29, 0.717) is 12.0 Å². The third-order valence-corrected chi connectivity index (χ3v) is 4.68. The van der Waals surface area contributed by atoms with Crippen molar-refractivity contribution in [3.8, 4) is 0 Å². The quantitative estimate of drug-likeness (QED) is 0.909. The van der Waals surface area contributed by atoms with Gasteiger partial charge >= 0.3 is 0 Å². The molecule has 2 aromatic rings. The summed E-state index contributed by atoms with van der Waals surface area (Å²) in [5, 5.41) is 4.21. The Morgan fingerprint density at radius 3 is 3.05 bits per heavy atom. The molecule has 2 fully saturated rings. The number of carbonyl (C=O) groups is 1. The molecule has 0 aliphatic carbocycles. The standard InChI is InChI=1S/C16H18N2O2/c1-10-9-20-15-3-2-11(6-13(10)15)16(19)17-14-8-18-5-4-12(14)7-18/h2-3,6,9,12,14H,4-5,7-8H2,1H3,(H,17,19)/t12-,14?/m0/s1. The van der Waals surface area contributed by atoms with E-state index in [9.17, 15) is 4.79 Å². The summed E-state index contributed by atoms with van der Waals surface area (Å²) < 4.78 is 5.42. The molecule has 2 unspecified atom stereocenters. The highest BCUT2D eigenvalue weighted by atomic mass is 16.3. The summed E-state index contributed by atoms with van der Waals surface area (Å²) in [4.78, 5) is 14.8. The average Bonchev–Trinajstić information content (AvgIpc) is 3.15. The van der Waals surface area contributed by atoms with Crippen LogP contribution in [0, 0.1) is 12.8 Å². The first-order valence-corrected chi connectivity index (χ1v) is 7.22. The van der Waals surface area contributed by atoms with Crippen LogP contribution in [0.4, 0.5) is 0 Å². The number of hydrogen-bond donors (Lipinski definition) is 1. The molecule has 20 heavy (non-hydrogen) atoms. The topological polar surface area (TPSA) is 45.5 Å². The summed E-state index contributed by atoms with van der Waals surface area (Å²) in [7, 11) is 0. The Morgan fingerprint density at radius 1 is 1.40 bits per heavy atom. The molecule has 0 spiro atoms. The molecular weight excluding hydrogens is 252 g/mol. The van der Waals surface area contributed by atoms with Crippen LogP contribution in [0.25, 0.3) is 11.0 Å². The maximum absolute atomic E-state index is 12.4. The van der Waals surface area contributed by atoms with Crippen molar-refractivity contribution in [3.63, 3.8) is 0 Å². The number of aryl methyl sites for hydroxylation is 1. The number of amides is 1. The van der Waals surface area contributed by atoms with E-state index >= 15 is 0 Å². The second kappa shape index (κ2) is 4.35. The minimum Gasteiger partial charge on any atom is -0.464 e. The van der Waals surface area contributed by atoms with Crippen LogP contribution in [0.15, 0.2) is 28.9 Å². The van der Waals surface area contributed by atoms with Crippen molar-refractivity contribution >= 4 is 16.9 Å². The molecule has 0 saturated carbocycles. The van der Waals surface area contributed by atoms with Gasteiger partial charge < -0.3 is 14.6 Å². The lowest BCUT2D eigenvalue weighted by atomic mass is 9.99. The van der Waals surface area contributed by atoms with Gasteiger partial charge in [0.05, 0.1) is 6.26 Å². The molecule has 2 aliphatic heterocycles. The Hall–Kier alpha value is -1.81. The van der Waals surface area contributed by atoms with Crippen molar-refractivity contribution < 1.29 is 9.21 Å². The highest BCUT2D eigenvalue weighted by Gasteiger charge is 2.38. The number of furan rings is 1. The molecule has 1 aromatic carbocycles. The number of rotatable bonds is 2. The average molecular weight is 270 g/mol. The fourth-order valence-electron chi connectivity index (χ4n) is 3.50. The van der Waals surface area contributed by atoms with Crippen molar-refractivity contribution in [3.05, 3.63) is 35.6 Å². The first-order chi connectivity index (χ1) is 9.70. The van der Waals surface area contributed by atoms with Crippen molar-refractivity contribution in [1.29, 1.82) is 0 Å². The molecule has 2 bridgehead atoms. The van der Waals surface area contributed by atoms with Crippen molar-refractivity contribution in [2.45, 2.75) is 19.4 Å². The third-order valence-electron chi connectivity index (χ3n) is 4.68. The van der Waals surface area contributed by atoms with Crippen molar-refractivity contribution in [1.82, 2.24) is 10.2 Å². The minimum atomic E-state index is 0.0336. The second-order valence-electron chi connectivity index (χ2n) is 6.02. The lowest BCUT2D eigenvalue weighted by Crippen LogP contribution is -2.43. The predicted octanol–water partition coefficient (Wildman–Crippen LogP) is 2.18. The SMILES string of the molecule is Cc1coc2ccc(C(=O)NC3CN4CC[C@H]3C4)cc12. The highest BCUT2D eigenvalue weighted by Crippen LogP contribution is 2.28. The van der Waals surface area contributed by atoms with Crippen LogP contribution in [0.1, 0.15) is 22.3 Å². The number of hydrogen-bond acceptors (Lipinski definition) is 3. The molecule has 1 aromatic heterocycles. The van der Waals surface area contributed by atoms with Gasteiger partial charge in [-0.25, -0.2) is 0 Å². The fraction of sp³-hybridized carbons (Fsp3) is 0.438. The first-order valence-electron chi connectivity index (χ1n) is 7.22. The van der Waals surface area contributed by atoms with Gasteiger partial charge in [-0.15, -0.1) is 0 Å². The second-order valence-corrected chi connectivity index (χ2v) is 6.02. The normalized spacial score (nSPS) is 28.1. The molecule has 0 radical (unpaired) electrons. The molecular formula is C16H18N2O2. The van der Waals surface area contributed by atoms with Crippen LogP contribution in [0.2, 0.25) is 0 Å². The molecule has 4 rings (SSSR count). The Balaban J connectivity index is 1.56. The lowest BCUT2D eigenvalue weighted by molar-refractivity contribution is 0.0924. The molecule has 104 valence electrons. The fourth-order valence-corrected chi connectivity index (χ4v) is 3.50. The van der Waals surface area contributed by atoms with Crippen LogP contribution in [0.5, 0.6) is 0 Å². The van der Waals surface area contributed by atoms with Gasteiger partial charge in [-0.1, -0.05) is 0 Å². The molecule has 3 heterocycles. The zero-order valence-electron chi connectivity index (χ0n) is 11.6. The summed E-state index contributed by atoms with van der Waals surface area (Å²) >= 11 is 0. The zero-order valence-corrected chi connectivity index (χ0v) is 11.6. The van der Waals surface area contributed by atoms with E-state index in [-0.39, 0.29) is 5.91 Å². The van der Waals surface area contributed by atoms with Gasteiger partial charge in [-0.2, -0.15) is 0 Å². The van der Waals surface area contributed by atoms with E-state index in [0.717, 1.165) is 35.2 Å². The summed E-state index contributed by atoms with van der Waals surface area (Å²) in [6.45, 7) is 5.34. The third kappa shape index (κ3) is 1.83. The Kier molecular flexibility index (Phi) is 2.60. The van der Waals surface area contributed by atoms with Gasteiger partial charge in [0, 0.05) is 30.1 Å². The number of carbonyl (C=O) groups excluding carboxylic acids is 1. The van der Waals surface area contributed by atoms with Crippen molar-refractivity contribution in [2.24, 2.45) is 5.92 Å². The number of fused-ring (bicyclic) bond motifs is 3. The molecule has 2 saturated heterocycles. The maximum atomic E-state index is 12.4. The summed E-state index contributed by atoms with van der Waals surface area (Å²) in [6.07, 6.45) is 2.94. The number of piperidine rings is 1. The highest BCUT2D eigenvalue weighted by molar-refractivity contribution is 5.98. The Bertz CT molecular complexity index is 676. The minimum absolute atomic E-state index is 0.0336. The smallest absolute Gasteiger partial charge is 0.251 e. The van der Waals surface area contributed by atoms with Crippen LogP contribution < -0.4 is 5.32 Å². The Morgan fingerprint density at radius 2 is 2.30 bits per heavy atom. The van der Waals surface area contributed by atoms with Crippen LogP contribution >= 0.6 is 0 Å². The predicted molar refractivity (Wildman–Crippen MR) is 76.8 cm³/mol. The van der Waals surface area contributed by atoms with E-state index in [2.05, 4.69) is 10.2 Å². The zero-order chi connectivity index (χ0) is 13.7. The largest absolute Gasteiger partial charge is 0.464 e. The summed E-state index contributed by atoms with van der Waals surface area (Å²) in [5.74, 6) is 0.671. The first kappa shape index (κ1) is 12.0. The van der Waals surface area contributed by atoms with E-state index < -0.39 is 0 Å². The van der Waals surface area contributed by atoms with Gasteiger partial charge in [0.1, 0.15) is 5.58 Å². The molecule has 1 N–H and O–H groups in total. The Labute approximate surface area is 117 Å². The molecule has 1 amide bonds. The van der Waals surface area contributed by atoms with Crippen LogP contribution in [-0.4, -0.2) is 36.5 Å². The van der Waals surface area contributed by atoms with Crippen molar-refractivity contribution in [2.75, 3.05) is 19.6 Å². The van der Waals surface area contributed by atoms with E-state index in [1.165, 1.54) is 13.0 Å². The molecule has 3 atom stereocenters. The van der Waals surface area contributed by atoms with Gasteiger partial charge in [-0.3, -0.25) is 4.79 Å². The number of nitrogens with zero attached hydrogens (tertiary/aromatic N) is 1. The van der Waals surface area contributed by atoms with Gasteiger partial charge in [0.25, 0.3) is 5.91 Å². The van der Waals surface area contributed by atoms with E-state index in [1.54, 1.807) is 6.26 Å². The monoisotopic (exact) mass is 270 g/mol. The summed E-state index contributed by atoms with van der Waals surface area (Å²) in [6, 6.07) is 5.96. The van der Waals surface area contributed by atoms with Crippen LogP contribution in [0.3, 0.4) is 0 Å². The van der Waals surface area contributed by atoms with Crippen LogP contribution in [-0.2, 0) is 0 Å². The maximum Gasteiger partial charge on any atom is 0.251 e. The van der Waals surface area contributed by atoms with Gasteiger partial charge in [0.2, 0.25) is 0 Å². The van der Waals surface area contributed by atoms with Gasteiger partial charge in [0.15, 0.2) is 0 Å². The number of nitrogens with one attached hydrogen (secondary N) is 1.